The molecule has 35 heavy (non-hydrogen) atoms. The van der Waals surface area contributed by atoms with E-state index in [1.54, 1.807) is 13.0 Å². The van der Waals surface area contributed by atoms with E-state index in [0.717, 1.165) is 25.2 Å². The standard InChI is InChI=1S/C24H27F2N5O3S/c1-4-12-35(33,34)30-20-10-9-18(25)22(23(20)26)21(32)14-16-13-17-19(28-29-24(17)27-15-16)8-7-11-31(5-2)6-3/h9-10,13,15,30H,4-6,11-12,14H2,1-3H3,(H,27,28,29). The molecular formula is C24H27F2N5O3S. The molecule has 0 aliphatic carbocycles. The second-order valence-corrected chi connectivity index (χ2v) is 9.72. The number of sulfonamides is 1. The number of rotatable bonds is 10. The summed E-state index contributed by atoms with van der Waals surface area (Å²) in [4.78, 5) is 19.2. The molecule has 2 N–H and O–H groups in total. The molecule has 0 unspecified atom stereocenters. The minimum absolute atomic E-state index is 0.233. The highest BCUT2D eigenvalue weighted by Gasteiger charge is 2.23. The highest BCUT2D eigenvalue weighted by molar-refractivity contribution is 7.92. The van der Waals surface area contributed by atoms with Crippen molar-refractivity contribution in [3.05, 3.63) is 52.9 Å². The van der Waals surface area contributed by atoms with E-state index in [0.29, 0.717) is 35.3 Å². The molecule has 0 atom stereocenters. The predicted octanol–water partition coefficient (Wildman–Crippen LogP) is 3.51. The van der Waals surface area contributed by atoms with E-state index < -0.39 is 38.7 Å². The fourth-order valence-electron chi connectivity index (χ4n) is 3.47. The van der Waals surface area contributed by atoms with Crippen molar-refractivity contribution in [3.63, 3.8) is 0 Å². The van der Waals surface area contributed by atoms with Gasteiger partial charge >= 0.3 is 0 Å². The molecule has 0 amide bonds. The number of carbonyl (C=O) groups excluding carboxylic acids is 1. The van der Waals surface area contributed by atoms with Gasteiger partial charge in [0.25, 0.3) is 0 Å². The predicted molar refractivity (Wildman–Crippen MR) is 131 cm³/mol. The first-order chi connectivity index (χ1) is 16.7. The van der Waals surface area contributed by atoms with Crippen LogP contribution in [-0.2, 0) is 16.4 Å². The number of hydrogen-bond acceptors (Lipinski definition) is 6. The zero-order valence-corrected chi connectivity index (χ0v) is 20.6. The summed E-state index contributed by atoms with van der Waals surface area (Å²) in [5, 5.41) is 7.51. The van der Waals surface area contributed by atoms with E-state index in [9.17, 15) is 22.0 Å². The highest BCUT2D eigenvalue weighted by Crippen LogP contribution is 2.24. The quantitative estimate of drug-likeness (QED) is 0.324. The Labute approximate surface area is 203 Å². The number of hydrogen-bond donors (Lipinski definition) is 2. The third kappa shape index (κ3) is 6.41. The molecule has 11 heteroatoms. The Morgan fingerprint density at radius 3 is 2.63 bits per heavy atom. The lowest BCUT2D eigenvalue weighted by Gasteiger charge is -2.13. The molecular weight excluding hydrogens is 476 g/mol. The average Bonchev–Trinajstić information content (AvgIpc) is 3.21. The second kappa shape index (κ2) is 11.4. The third-order valence-corrected chi connectivity index (χ3v) is 6.83. The Morgan fingerprint density at radius 2 is 1.94 bits per heavy atom. The molecule has 0 saturated carbocycles. The first kappa shape index (κ1) is 26.2. The maximum Gasteiger partial charge on any atom is 0.232 e. The number of fused-ring (bicyclic) bond motifs is 1. The van der Waals surface area contributed by atoms with E-state index in [2.05, 4.69) is 36.6 Å². The Bertz CT molecular complexity index is 1390. The molecule has 0 aliphatic heterocycles. The lowest BCUT2D eigenvalue weighted by atomic mass is 10.0. The first-order valence-corrected chi connectivity index (χ1v) is 12.9. The van der Waals surface area contributed by atoms with Crippen LogP contribution >= 0.6 is 0 Å². The number of nitrogens with one attached hydrogen (secondary N) is 2. The number of nitrogens with zero attached hydrogens (tertiary/aromatic N) is 3. The minimum Gasteiger partial charge on any atom is -0.294 e. The van der Waals surface area contributed by atoms with Gasteiger partial charge in [-0.2, -0.15) is 5.10 Å². The lowest BCUT2D eigenvalue weighted by Crippen LogP contribution is -2.22. The normalized spacial score (nSPS) is 11.5. The number of ketones is 1. The van der Waals surface area contributed by atoms with Crippen molar-refractivity contribution in [1.29, 1.82) is 0 Å². The van der Waals surface area contributed by atoms with Crippen LogP contribution in [0.15, 0.2) is 24.4 Å². The average molecular weight is 504 g/mol. The number of anilines is 1. The molecule has 3 rings (SSSR count). The number of pyridine rings is 1. The van der Waals surface area contributed by atoms with Gasteiger partial charge in [0, 0.05) is 12.6 Å². The summed E-state index contributed by atoms with van der Waals surface area (Å²) < 4.78 is 55.4. The number of Topliss-reactive ketones (excluding diaryl/α,β-unsaturated/α-hetero) is 1. The maximum atomic E-state index is 14.9. The lowest BCUT2D eigenvalue weighted by molar-refractivity contribution is 0.0985. The van der Waals surface area contributed by atoms with Gasteiger partial charge in [0.15, 0.2) is 17.2 Å². The van der Waals surface area contributed by atoms with Crippen molar-refractivity contribution in [2.24, 2.45) is 0 Å². The van der Waals surface area contributed by atoms with Gasteiger partial charge in [-0.3, -0.25) is 19.5 Å². The van der Waals surface area contributed by atoms with E-state index in [1.165, 1.54) is 6.20 Å². The van der Waals surface area contributed by atoms with Crippen LogP contribution in [0.1, 0.15) is 48.8 Å². The van der Waals surface area contributed by atoms with Crippen LogP contribution in [0.5, 0.6) is 0 Å². The maximum absolute atomic E-state index is 14.9. The highest BCUT2D eigenvalue weighted by atomic mass is 32.2. The van der Waals surface area contributed by atoms with Gasteiger partial charge in [0.1, 0.15) is 11.5 Å². The van der Waals surface area contributed by atoms with Crippen LogP contribution in [0.25, 0.3) is 11.0 Å². The minimum atomic E-state index is -3.82. The molecule has 2 aromatic heterocycles. The van der Waals surface area contributed by atoms with Crippen LogP contribution in [-0.4, -0.2) is 59.7 Å². The zero-order valence-electron chi connectivity index (χ0n) is 19.8. The Morgan fingerprint density at radius 1 is 1.20 bits per heavy atom. The fraction of sp³-hybridized carbons (Fsp3) is 0.375. The van der Waals surface area contributed by atoms with Gasteiger partial charge < -0.3 is 0 Å². The zero-order chi connectivity index (χ0) is 25.6. The summed E-state index contributed by atoms with van der Waals surface area (Å²) in [6, 6.07) is 3.47. The summed E-state index contributed by atoms with van der Waals surface area (Å²) in [6.45, 7) is 8.07. The van der Waals surface area contributed by atoms with Crippen LogP contribution in [0, 0.1) is 23.5 Å². The fourth-order valence-corrected chi connectivity index (χ4v) is 4.60. The number of halogens is 2. The van der Waals surface area contributed by atoms with Gasteiger partial charge in [0.05, 0.1) is 28.9 Å². The molecule has 0 saturated heterocycles. The van der Waals surface area contributed by atoms with Crippen molar-refractivity contribution < 1.29 is 22.0 Å². The van der Waals surface area contributed by atoms with Gasteiger partial charge in [0.2, 0.25) is 10.0 Å². The van der Waals surface area contributed by atoms with Gasteiger partial charge in [-0.1, -0.05) is 26.7 Å². The number of benzene rings is 1. The van der Waals surface area contributed by atoms with Crippen molar-refractivity contribution >= 4 is 32.5 Å². The van der Waals surface area contributed by atoms with Crippen molar-refractivity contribution in [2.45, 2.75) is 33.6 Å². The number of aromatic amines is 1. The Kier molecular flexibility index (Phi) is 8.53. The molecule has 8 nitrogen and oxygen atoms in total. The summed E-state index contributed by atoms with van der Waals surface area (Å²) in [5.74, 6) is 2.67. The summed E-state index contributed by atoms with van der Waals surface area (Å²) >= 11 is 0. The van der Waals surface area contributed by atoms with Crippen molar-refractivity contribution in [2.75, 3.05) is 30.1 Å². The summed E-state index contributed by atoms with van der Waals surface area (Å²) in [7, 11) is -3.82. The van der Waals surface area contributed by atoms with Gasteiger partial charge in [-0.25, -0.2) is 22.2 Å². The van der Waals surface area contributed by atoms with E-state index in [1.807, 2.05) is 13.8 Å². The topological polar surface area (TPSA) is 108 Å². The summed E-state index contributed by atoms with van der Waals surface area (Å²) in [5.41, 5.74) is 0.0498. The molecule has 0 bridgehead atoms. The van der Waals surface area contributed by atoms with E-state index in [-0.39, 0.29) is 12.2 Å². The van der Waals surface area contributed by atoms with Crippen molar-refractivity contribution in [1.82, 2.24) is 20.1 Å². The van der Waals surface area contributed by atoms with Crippen LogP contribution < -0.4 is 4.72 Å². The molecule has 1 aromatic carbocycles. The van der Waals surface area contributed by atoms with Gasteiger partial charge in [-0.05, 0) is 49.2 Å². The molecule has 2 heterocycles. The molecule has 0 fully saturated rings. The Hall–Kier alpha value is -3.36. The summed E-state index contributed by atoms with van der Waals surface area (Å²) in [6.07, 6.45) is 1.37. The van der Waals surface area contributed by atoms with Crippen molar-refractivity contribution in [3.8, 4) is 11.8 Å². The molecule has 3 aromatic rings. The SMILES string of the molecule is CCCS(=O)(=O)Nc1ccc(F)c(C(=O)Cc2cnc3n[nH]c(C#CCN(CC)CC)c3c2)c1F. The van der Waals surface area contributed by atoms with E-state index >= 15 is 0 Å². The third-order valence-electron chi connectivity index (χ3n) is 5.35. The second-order valence-electron chi connectivity index (χ2n) is 7.88. The number of H-pyrrole nitrogens is 1. The number of carbonyl (C=O) groups is 1. The Balaban J connectivity index is 1.86. The number of aromatic nitrogens is 3. The van der Waals surface area contributed by atoms with Crippen LogP contribution in [0.4, 0.5) is 14.5 Å². The first-order valence-electron chi connectivity index (χ1n) is 11.2. The van der Waals surface area contributed by atoms with Crippen LogP contribution in [0.3, 0.4) is 0 Å². The van der Waals surface area contributed by atoms with E-state index in [4.69, 9.17) is 0 Å². The molecule has 0 aliphatic rings. The molecule has 0 spiro atoms. The smallest absolute Gasteiger partial charge is 0.232 e. The molecule has 0 radical (unpaired) electrons. The van der Waals surface area contributed by atoms with Crippen LogP contribution in [0.2, 0.25) is 0 Å². The molecule has 186 valence electrons. The monoisotopic (exact) mass is 503 g/mol. The van der Waals surface area contributed by atoms with Gasteiger partial charge in [-0.15, -0.1) is 0 Å². The largest absolute Gasteiger partial charge is 0.294 e.